The summed E-state index contributed by atoms with van der Waals surface area (Å²) in [6.07, 6.45) is 10.0. The monoisotopic (exact) mass is 368 g/mol. The van der Waals surface area contributed by atoms with Crippen LogP contribution in [0.25, 0.3) is 0 Å². The summed E-state index contributed by atoms with van der Waals surface area (Å²) in [6.45, 7) is 4.72. The second-order valence-corrected chi connectivity index (χ2v) is 10.0. The second kappa shape index (κ2) is 5.07. The number of fused-ring (bicyclic) bond motifs is 5. The zero-order chi connectivity index (χ0) is 15.7. The quantitative estimate of drug-likeness (QED) is 0.500. The van der Waals surface area contributed by atoms with Gasteiger partial charge >= 0.3 is 0 Å². The Labute approximate surface area is 142 Å². The predicted molar refractivity (Wildman–Crippen MR) is 91.8 cm³/mol. The highest BCUT2D eigenvalue weighted by molar-refractivity contribution is 9.09. The number of rotatable bonds is 0. The zero-order valence-corrected chi connectivity index (χ0v) is 15.3. The molecule has 0 saturated heterocycles. The van der Waals surface area contributed by atoms with Crippen LogP contribution in [0.3, 0.4) is 0 Å². The van der Waals surface area contributed by atoms with Crippen LogP contribution in [-0.2, 0) is 0 Å². The Morgan fingerprint density at radius 3 is 2.68 bits per heavy atom. The molecule has 4 rings (SSSR count). The van der Waals surface area contributed by atoms with Crippen molar-refractivity contribution in [3.05, 3.63) is 11.6 Å². The second-order valence-electron chi connectivity index (χ2n) is 8.84. The molecule has 2 nitrogen and oxygen atoms in total. The molecule has 0 radical (unpaired) electrons. The molecule has 0 aromatic carbocycles. The van der Waals surface area contributed by atoms with Crippen molar-refractivity contribution in [2.75, 3.05) is 0 Å². The van der Waals surface area contributed by atoms with Gasteiger partial charge in [-0.25, -0.2) is 0 Å². The molecule has 4 aliphatic rings. The van der Waals surface area contributed by atoms with Crippen molar-refractivity contribution < 1.29 is 10.2 Å². The fourth-order valence-corrected chi connectivity index (χ4v) is 7.64. The highest BCUT2D eigenvalue weighted by Crippen LogP contribution is 2.65. The van der Waals surface area contributed by atoms with Crippen molar-refractivity contribution in [1.29, 1.82) is 0 Å². The molecule has 4 aliphatic carbocycles. The van der Waals surface area contributed by atoms with Gasteiger partial charge in [0, 0.05) is 4.83 Å². The average molecular weight is 369 g/mol. The van der Waals surface area contributed by atoms with Gasteiger partial charge in [0.15, 0.2) is 0 Å². The minimum Gasteiger partial charge on any atom is -0.391 e. The molecule has 0 amide bonds. The molecule has 0 spiro atoms. The van der Waals surface area contributed by atoms with Crippen molar-refractivity contribution in [2.45, 2.75) is 75.8 Å². The molecule has 0 heterocycles. The molecule has 0 aliphatic heterocycles. The van der Waals surface area contributed by atoms with Gasteiger partial charge in [-0.05, 0) is 67.1 Å². The number of aliphatic hydroxyl groups excluding tert-OH is 2. The lowest BCUT2D eigenvalue weighted by molar-refractivity contribution is -0.101. The standard InChI is InChI=1S/C19H29BrO2/c1-18-7-4-3-5-11(18)9-15(21)16-12(18)6-8-19(2)13(16)10-14(20)17(19)22/h9,12-17,21-22H,3-8,10H2,1-2H3/t12-,13+,14?,15?,16-,17?,18+,19+/m1/s1. The van der Waals surface area contributed by atoms with Gasteiger partial charge in [-0.3, -0.25) is 0 Å². The lowest BCUT2D eigenvalue weighted by Gasteiger charge is -2.58. The molecule has 0 bridgehead atoms. The smallest absolute Gasteiger partial charge is 0.0757 e. The summed E-state index contributed by atoms with van der Waals surface area (Å²) in [7, 11) is 0. The Morgan fingerprint density at radius 2 is 1.91 bits per heavy atom. The SMILES string of the molecule is C[C@]12CCCCC1=CC(O)[C@@H]1[C@H]2CC[C@]2(C)C(O)C(Br)C[C@@H]12. The molecule has 0 aromatic heterocycles. The van der Waals surface area contributed by atoms with Gasteiger partial charge in [0.05, 0.1) is 12.2 Å². The van der Waals surface area contributed by atoms with Crippen LogP contribution in [0.15, 0.2) is 11.6 Å². The Morgan fingerprint density at radius 1 is 1.14 bits per heavy atom. The van der Waals surface area contributed by atoms with Crippen LogP contribution in [0.4, 0.5) is 0 Å². The third-order valence-electron chi connectivity index (χ3n) is 7.98. The number of allylic oxidation sites excluding steroid dienone is 1. The Kier molecular flexibility index (Phi) is 3.61. The van der Waals surface area contributed by atoms with E-state index in [0.717, 1.165) is 12.8 Å². The van der Waals surface area contributed by atoms with E-state index >= 15 is 0 Å². The van der Waals surface area contributed by atoms with Crippen LogP contribution in [0.5, 0.6) is 0 Å². The van der Waals surface area contributed by atoms with Crippen LogP contribution < -0.4 is 0 Å². The Balaban J connectivity index is 1.75. The number of halogens is 1. The van der Waals surface area contributed by atoms with E-state index in [1.807, 2.05) is 0 Å². The summed E-state index contributed by atoms with van der Waals surface area (Å²) >= 11 is 3.70. The maximum Gasteiger partial charge on any atom is 0.0757 e. The van der Waals surface area contributed by atoms with Crippen LogP contribution in [0.2, 0.25) is 0 Å². The van der Waals surface area contributed by atoms with E-state index in [9.17, 15) is 10.2 Å². The van der Waals surface area contributed by atoms with Gasteiger partial charge < -0.3 is 10.2 Å². The number of alkyl halides is 1. The van der Waals surface area contributed by atoms with Crippen molar-refractivity contribution in [2.24, 2.45) is 28.6 Å². The van der Waals surface area contributed by atoms with E-state index in [1.54, 1.807) is 0 Å². The molecule has 8 atom stereocenters. The molecular formula is C19H29BrO2. The van der Waals surface area contributed by atoms with Crippen LogP contribution >= 0.6 is 15.9 Å². The maximum absolute atomic E-state index is 10.9. The summed E-state index contributed by atoms with van der Waals surface area (Å²) in [5.41, 5.74) is 1.82. The van der Waals surface area contributed by atoms with Gasteiger partial charge in [0.1, 0.15) is 0 Å². The number of hydrogen-bond acceptors (Lipinski definition) is 2. The van der Waals surface area contributed by atoms with E-state index in [4.69, 9.17) is 0 Å². The molecule has 2 N–H and O–H groups in total. The Bertz CT molecular complexity index is 504. The van der Waals surface area contributed by atoms with Crippen LogP contribution in [0.1, 0.15) is 58.8 Å². The normalized spacial score (nSPS) is 57.6. The molecule has 3 saturated carbocycles. The molecule has 3 heteroatoms. The lowest BCUT2D eigenvalue weighted by Crippen LogP contribution is -2.54. The van der Waals surface area contributed by atoms with Gasteiger partial charge in [0.25, 0.3) is 0 Å². The van der Waals surface area contributed by atoms with Gasteiger partial charge in [-0.15, -0.1) is 0 Å². The van der Waals surface area contributed by atoms with Crippen molar-refractivity contribution in [3.8, 4) is 0 Å². The molecule has 22 heavy (non-hydrogen) atoms. The summed E-state index contributed by atoms with van der Waals surface area (Å²) in [5, 5.41) is 21.6. The van der Waals surface area contributed by atoms with E-state index in [1.165, 1.54) is 37.7 Å². The maximum atomic E-state index is 10.9. The largest absolute Gasteiger partial charge is 0.391 e. The topological polar surface area (TPSA) is 40.5 Å². The first kappa shape index (κ1) is 15.7. The first-order chi connectivity index (χ1) is 10.4. The number of aliphatic hydroxyl groups is 2. The summed E-state index contributed by atoms with van der Waals surface area (Å²) in [5.74, 6) is 1.38. The molecular weight excluding hydrogens is 340 g/mol. The number of hydrogen-bond donors (Lipinski definition) is 2. The van der Waals surface area contributed by atoms with Gasteiger partial charge in [0.2, 0.25) is 0 Å². The fraction of sp³-hybridized carbons (Fsp3) is 0.895. The van der Waals surface area contributed by atoms with Gasteiger partial charge in [-0.2, -0.15) is 0 Å². The molecule has 3 unspecified atom stereocenters. The molecule has 0 aromatic rings. The summed E-state index contributed by atoms with van der Waals surface area (Å²) in [4.78, 5) is 0.193. The average Bonchev–Trinajstić information content (AvgIpc) is 2.71. The van der Waals surface area contributed by atoms with E-state index in [-0.39, 0.29) is 22.5 Å². The van der Waals surface area contributed by atoms with Crippen molar-refractivity contribution in [1.82, 2.24) is 0 Å². The lowest BCUT2D eigenvalue weighted by atomic mass is 9.47. The fourth-order valence-electron chi connectivity index (χ4n) is 6.63. The van der Waals surface area contributed by atoms with E-state index < -0.39 is 0 Å². The minimum atomic E-state index is -0.305. The minimum absolute atomic E-state index is 0.0211. The molecule has 3 fully saturated rings. The predicted octanol–water partition coefficient (Wildman–Crippen LogP) is 4.04. The molecule has 124 valence electrons. The van der Waals surface area contributed by atoms with Crippen molar-refractivity contribution >= 4 is 15.9 Å². The highest BCUT2D eigenvalue weighted by Gasteiger charge is 2.62. The van der Waals surface area contributed by atoms with Gasteiger partial charge in [-0.1, -0.05) is 47.8 Å². The third-order valence-corrected chi connectivity index (χ3v) is 8.85. The summed E-state index contributed by atoms with van der Waals surface area (Å²) in [6, 6.07) is 0. The van der Waals surface area contributed by atoms with Crippen molar-refractivity contribution in [3.63, 3.8) is 0 Å². The Hall–Kier alpha value is 0.140. The first-order valence-corrected chi connectivity index (χ1v) is 10.0. The first-order valence-electron chi connectivity index (χ1n) is 9.09. The third kappa shape index (κ3) is 1.91. The van der Waals surface area contributed by atoms with E-state index in [0.29, 0.717) is 23.2 Å². The summed E-state index contributed by atoms with van der Waals surface area (Å²) < 4.78 is 0. The highest BCUT2D eigenvalue weighted by atomic mass is 79.9. The van der Waals surface area contributed by atoms with Crippen LogP contribution in [-0.4, -0.2) is 27.2 Å². The van der Waals surface area contributed by atoms with E-state index in [2.05, 4.69) is 35.9 Å². The zero-order valence-electron chi connectivity index (χ0n) is 13.8. The van der Waals surface area contributed by atoms with Crippen LogP contribution in [0, 0.1) is 28.6 Å².